The maximum atomic E-state index is 13.2. The Kier molecular flexibility index (Phi) is 6.46. The zero-order valence-corrected chi connectivity index (χ0v) is 17.4. The molecule has 11 nitrogen and oxygen atoms in total. The first-order valence-corrected chi connectivity index (χ1v) is 10.0. The second-order valence-electron chi connectivity index (χ2n) is 6.73. The molecule has 2 aliphatic rings. The van der Waals surface area contributed by atoms with Crippen LogP contribution in [0.1, 0.15) is 12.5 Å². The van der Waals surface area contributed by atoms with Crippen molar-refractivity contribution in [3.63, 3.8) is 0 Å². The first kappa shape index (κ1) is 24.2. The van der Waals surface area contributed by atoms with Crippen LogP contribution < -0.4 is 0 Å². The Labute approximate surface area is 187 Å². The molecule has 1 saturated heterocycles. The molecular formula is C18H14F3N3O8S. The lowest BCUT2D eigenvalue weighted by Gasteiger charge is -2.54. The van der Waals surface area contributed by atoms with E-state index in [1.807, 2.05) is 0 Å². The standard InChI is InChI=1S/C18H14F3N3O8S/c1-9(25)31-7-11-8-33-16-17(32-18(19,20)21,15(28)23(16)13(11)14(26)27)22-6-10-2-4-12(5-3-10)24(29)30/h2-6,16H,7-8H2,1H3,(H,26,27)/t16-,17?/m1/s1. The summed E-state index contributed by atoms with van der Waals surface area (Å²) in [6.45, 7) is 0.628. The fourth-order valence-electron chi connectivity index (χ4n) is 3.14. The van der Waals surface area contributed by atoms with Crippen LogP contribution in [0, 0.1) is 10.1 Å². The molecule has 1 fully saturated rings. The number of amides is 1. The van der Waals surface area contributed by atoms with Gasteiger partial charge in [-0.05, 0) is 17.7 Å². The van der Waals surface area contributed by atoms with Crippen molar-refractivity contribution in [2.75, 3.05) is 12.4 Å². The van der Waals surface area contributed by atoms with Crippen molar-refractivity contribution in [3.8, 4) is 0 Å². The van der Waals surface area contributed by atoms with Gasteiger partial charge in [0.25, 0.3) is 17.3 Å². The van der Waals surface area contributed by atoms with Crippen molar-refractivity contribution in [1.82, 2.24) is 4.90 Å². The zero-order chi connectivity index (χ0) is 24.6. The number of ether oxygens (including phenoxy) is 2. The number of aliphatic imine (C=N–C) groups is 1. The highest BCUT2D eigenvalue weighted by Crippen LogP contribution is 2.50. The van der Waals surface area contributed by atoms with Crippen LogP contribution in [0.5, 0.6) is 0 Å². The third-order valence-electron chi connectivity index (χ3n) is 4.52. The number of non-ortho nitro benzene ring substituents is 1. The molecule has 0 spiro atoms. The van der Waals surface area contributed by atoms with Gasteiger partial charge in [-0.1, -0.05) is 0 Å². The number of benzene rings is 1. The second kappa shape index (κ2) is 8.82. The molecule has 0 radical (unpaired) electrons. The van der Waals surface area contributed by atoms with Crippen LogP contribution in [0.15, 0.2) is 40.5 Å². The summed E-state index contributed by atoms with van der Waals surface area (Å²) >= 11 is 0.751. The second-order valence-corrected chi connectivity index (χ2v) is 7.80. The van der Waals surface area contributed by atoms with Crippen LogP contribution in [0.4, 0.5) is 18.9 Å². The molecule has 2 heterocycles. The number of fused-ring (bicyclic) bond motifs is 1. The number of carboxylic acids is 1. The monoisotopic (exact) mass is 489 g/mol. The van der Waals surface area contributed by atoms with Gasteiger partial charge in [0.1, 0.15) is 17.7 Å². The number of rotatable bonds is 7. The average molecular weight is 489 g/mol. The number of nitro groups is 1. The predicted octanol–water partition coefficient (Wildman–Crippen LogP) is 2.06. The molecule has 0 aliphatic carbocycles. The van der Waals surface area contributed by atoms with Crippen LogP contribution in [0.2, 0.25) is 0 Å². The topological polar surface area (TPSA) is 149 Å². The summed E-state index contributed by atoms with van der Waals surface area (Å²) in [5.41, 5.74) is -3.52. The van der Waals surface area contributed by atoms with Crippen molar-refractivity contribution in [1.29, 1.82) is 0 Å². The van der Waals surface area contributed by atoms with E-state index in [0.29, 0.717) is 4.90 Å². The highest BCUT2D eigenvalue weighted by Gasteiger charge is 2.69. The Bertz CT molecular complexity index is 1070. The van der Waals surface area contributed by atoms with Gasteiger partial charge in [0, 0.05) is 36.6 Å². The molecule has 1 aromatic carbocycles. The average Bonchev–Trinajstić information content (AvgIpc) is 2.73. The molecule has 33 heavy (non-hydrogen) atoms. The number of aliphatic carboxylic acids is 1. The normalized spacial score (nSPS) is 22.7. The third-order valence-corrected chi connectivity index (χ3v) is 5.88. The number of hydrogen-bond acceptors (Lipinski definition) is 9. The van der Waals surface area contributed by atoms with Gasteiger partial charge in [-0.25, -0.2) is 9.79 Å². The Hall–Kier alpha value is -3.46. The number of nitrogens with zero attached hydrogens (tertiary/aromatic N) is 3. The van der Waals surface area contributed by atoms with Crippen molar-refractivity contribution in [3.05, 3.63) is 51.2 Å². The zero-order valence-electron chi connectivity index (χ0n) is 16.6. The van der Waals surface area contributed by atoms with Crippen LogP contribution in [-0.2, 0) is 23.9 Å². The minimum absolute atomic E-state index is 0.0206. The van der Waals surface area contributed by atoms with E-state index in [1.54, 1.807) is 0 Å². The van der Waals surface area contributed by atoms with Crippen molar-refractivity contribution >= 4 is 41.5 Å². The molecule has 0 bridgehead atoms. The Morgan fingerprint density at radius 3 is 2.55 bits per heavy atom. The van der Waals surface area contributed by atoms with E-state index in [2.05, 4.69) is 9.73 Å². The SMILES string of the molecule is CC(=O)OCC1=C(C(=O)O)N2C(=O)C(N=Cc3ccc([N+](=O)[O-])cc3)(OC(F)(F)F)[C@H]2SC1. The molecule has 1 unspecified atom stereocenters. The summed E-state index contributed by atoms with van der Waals surface area (Å²) in [6, 6.07) is 4.60. The molecule has 1 N–H and O–H groups in total. The lowest BCUT2D eigenvalue weighted by atomic mass is 9.99. The number of hydrogen-bond donors (Lipinski definition) is 1. The van der Waals surface area contributed by atoms with E-state index in [0.717, 1.165) is 37.0 Å². The fraction of sp³-hybridized carbons (Fsp3) is 0.333. The molecule has 2 aliphatic heterocycles. The molecule has 176 valence electrons. The molecule has 15 heteroatoms. The third kappa shape index (κ3) is 4.83. The summed E-state index contributed by atoms with van der Waals surface area (Å²) in [7, 11) is 0. The first-order chi connectivity index (χ1) is 15.4. The van der Waals surface area contributed by atoms with Gasteiger partial charge >= 0.3 is 18.3 Å². The number of alkyl halides is 3. The van der Waals surface area contributed by atoms with E-state index in [1.165, 1.54) is 12.1 Å². The lowest BCUT2D eigenvalue weighted by Crippen LogP contribution is -2.74. The molecule has 2 atom stereocenters. The predicted molar refractivity (Wildman–Crippen MR) is 105 cm³/mol. The number of thioether (sulfide) groups is 1. The highest BCUT2D eigenvalue weighted by molar-refractivity contribution is 8.00. The molecular weight excluding hydrogens is 475 g/mol. The minimum atomic E-state index is -5.29. The van der Waals surface area contributed by atoms with Crippen molar-refractivity contribution < 1.29 is 47.1 Å². The Balaban J connectivity index is 1.97. The van der Waals surface area contributed by atoms with E-state index in [4.69, 9.17) is 4.74 Å². The summed E-state index contributed by atoms with van der Waals surface area (Å²) < 4.78 is 48.4. The quantitative estimate of drug-likeness (QED) is 0.200. The van der Waals surface area contributed by atoms with Crippen LogP contribution in [0.25, 0.3) is 0 Å². The lowest BCUT2D eigenvalue weighted by molar-refractivity contribution is -0.384. The van der Waals surface area contributed by atoms with E-state index in [9.17, 15) is 42.8 Å². The number of carboxylic acid groups (broad SMARTS) is 1. The summed E-state index contributed by atoms with van der Waals surface area (Å²) in [4.78, 5) is 50.0. The summed E-state index contributed by atoms with van der Waals surface area (Å²) in [6.07, 6.45) is -4.41. The van der Waals surface area contributed by atoms with Crippen molar-refractivity contribution in [2.24, 2.45) is 4.99 Å². The molecule has 0 aromatic heterocycles. The minimum Gasteiger partial charge on any atom is -0.477 e. The van der Waals surface area contributed by atoms with E-state index >= 15 is 0 Å². The fourth-order valence-corrected chi connectivity index (χ4v) is 4.50. The Morgan fingerprint density at radius 1 is 1.39 bits per heavy atom. The smallest absolute Gasteiger partial charge is 0.477 e. The maximum absolute atomic E-state index is 13.2. The van der Waals surface area contributed by atoms with Gasteiger partial charge in [0.05, 0.1) is 4.92 Å². The molecule has 1 aromatic rings. The number of carbonyl (C=O) groups excluding carboxylic acids is 2. The number of halogens is 3. The first-order valence-electron chi connectivity index (χ1n) is 8.96. The van der Waals surface area contributed by atoms with Crippen molar-refractivity contribution in [2.45, 2.75) is 24.4 Å². The molecule has 1 amide bonds. The number of nitro benzene ring substituents is 1. The van der Waals surface area contributed by atoms with Gasteiger partial charge in [-0.2, -0.15) is 0 Å². The van der Waals surface area contributed by atoms with Crippen LogP contribution >= 0.6 is 11.8 Å². The summed E-state index contributed by atoms with van der Waals surface area (Å²) in [5, 5.41) is 18.8. The maximum Gasteiger partial charge on any atom is 0.525 e. The van der Waals surface area contributed by atoms with E-state index in [-0.39, 0.29) is 22.6 Å². The van der Waals surface area contributed by atoms with Gasteiger partial charge in [-0.3, -0.25) is 29.3 Å². The van der Waals surface area contributed by atoms with Gasteiger partial charge < -0.3 is 9.84 Å². The van der Waals surface area contributed by atoms with Gasteiger partial charge in [0.15, 0.2) is 0 Å². The van der Waals surface area contributed by atoms with Gasteiger partial charge in [-0.15, -0.1) is 24.9 Å². The number of β-lactam (4-membered cyclic amide) rings is 1. The van der Waals surface area contributed by atoms with Crippen LogP contribution in [0.3, 0.4) is 0 Å². The molecule has 0 saturated carbocycles. The largest absolute Gasteiger partial charge is 0.525 e. The van der Waals surface area contributed by atoms with Gasteiger partial charge in [0.2, 0.25) is 0 Å². The van der Waals surface area contributed by atoms with E-state index < -0.39 is 52.5 Å². The summed E-state index contributed by atoms with van der Waals surface area (Å²) in [5.74, 6) is -3.86. The number of carbonyl (C=O) groups is 3. The van der Waals surface area contributed by atoms with Crippen LogP contribution in [-0.4, -0.2) is 68.8 Å². The number of esters is 1. The molecule has 3 rings (SSSR count). The highest BCUT2D eigenvalue weighted by atomic mass is 32.2. The Morgan fingerprint density at radius 2 is 2.03 bits per heavy atom.